The largest absolute Gasteiger partial charge is 0.477 e. The number of aromatic nitrogens is 1. The van der Waals surface area contributed by atoms with Gasteiger partial charge >= 0.3 is 12.3 Å². The summed E-state index contributed by atoms with van der Waals surface area (Å²) in [5.41, 5.74) is 1.66. The average molecular weight is 381 g/mol. The number of carboxylic acid groups (broad SMARTS) is 1. The predicted molar refractivity (Wildman–Crippen MR) is 93.3 cm³/mol. The zero-order chi connectivity index (χ0) is 19.3. The van der Waals surface area contributed by atoms with E-state index in [1.165, 1.54) is 6.20 Å². The lowest BCUT2D eigenvalue weighted by Crippen LogP contribution is -2.52. The summed E-state index contributed by atoms with van der Waals surface area (Å²) in [7, 11) is 0. The number of carbonyl (C=O) groups is 1. The van der Waals surface area contributed by atoms with Crippen molar-refractivity contribution in [3.63, 3.8) is 0 Å². The molecule has 27 heavy (non-hydrogen) atoms. The van der Waals surface area contributed by atoms with E-state index in [1.807, 2.05) is 4.90 Å². The summed E-state index contributed by atoms with van der Waals surface area (Å²) in [5.74, 6) is -1.26. The van der Waals surface area contributed by atoms with E-state index in [0.29, 0.717) is 28.8 Å². The third-order valence-electron chi connectivity index (χ3n) is 5.35. The normalized spacial score (nSPS) is 18.1. The van der Waals surface area contributed by atoms with E-state index in [2.05, 4.69) is 0 Å². The summed E-state index contributed by atoms with van der Waals surface area (Å²) in [4.78, 5) is 26.3. The molecule has 2 aliphatic heterocycles. The number of aromatic carboxylic acids is 1. The molecule has 2 aliphatic rings. The molecule has 0 aliphatic carbocycles. The molecule has 9 heteroatoms. The molecule has 0 amide bonds. The van der Waals surface area contributed by atoms with Gasteiger partial charge in [-0.1, -0.05) is 0 Å². The first-order valence-electron chi connectivity index (χ1n) is 8.76. The van der Waals surface area contributed by atoms with Gasteiger partial charge in [0.05, 0.1) is 5.52 Å². The first-order chi connectivity index (χ1) is 12.8. The molecule has 0 atom stereocenters. The van der Waals surface area contributed by atoms with Crippen LogP contribution in [-0.4, -0.2) is 53.0 Å². The van der Waals surface area contributed by atoms with Crippen LogP contribution in [0.1, 0.15) is 22.3 Å². The standard InChI is InChI=1S/C18H18F3N3O3/c19-18(20,21)24-8-6-22(7-9-24)14-4-3-12-15-11(14)2-1-5-23(15)10-13(16(12)25)17(26)27/h3-4,10H,1-2,5-9H2,(H,26,27). The molecule has 0 saturated carbocycles. The summed E-state index contributed by atoms with van der Waals surface area (Å²) in [6.07, 6.45) is -1.46. The maximum Gasteiger partial charge on any atom is 0.460 e. The molecule has 0 spiro atoms. The van der Waals surface area contributed by atoms with Crippen molar-refractivity contribution < 1.29 is 23.1 Å². The van der Waals surface area contributed by atoms with E-state index in [4.69, 9.17) is 0 Å². The van der Waals surface area contributed by atoms with E-state index in [-0.39, 0.29) is 31.7 Å². The van der Waals surface area contributed by atoms with Crippen LogP contribution in [-0.2, 0) is 13.0 Å². The molecule has 6 nitrogen and oxygen atoms in total. The van der Waals surface area contributed by atoms with E-state index < -0.39 is 17.7 Å². The van der Waals surface area contributed by atoms with Gasteiger partial charge < -0.3 is 14.6 Å². The minimum atomic E-state index is -4.32. The monoisotopic (exact) mass is 381 g/mol. The lowest BCUT2D eigenvalue weighted by atomic mass is 9.97. The van der Waals surface area contributed by atoms with Crippen molar-refractivity contribution in [2.24, 2.45) is 0 Å². The highest BCUT2D eigenvalue weighted by atomic mass is 19.4. The SMILES string of the molecule is O=C(O)c1cn2c3c(c(N4CCN(C(F)(F)F)CC4)ccc3c1=O)CCC2. The first kappa shape index (κ1) is 17.8. The number of benzene rings is 1. The Hall–Kier alpha value is -2.55. The molecule has 1 N–H and O–H groups in total. The Morgan fingerprint density at radius 1 is 1.07 bits per heavy atom. The fourth-order valence-corrected chi connectivity index (χ4v) is 4.06. The van der Waals surface area contributed by atoms with Gasteiger partial charge in [0.25, 0.3) is 0 Å². The molecule has 3 heterocycles. The number of hydrogen-bond donors (Lipinski definition) is 1. The van der Waals surface area contributed by atoms with E-state index in [1.54, 1.807) is 16.7 Å². The van der Waals surface area contributed by atoms with E-state index in [9.17, 15) is 27.9 Å². The number of carboxylic acids is 1. The van der Waals surface area contributed by atoms with Crippen LogP contribution >= 0.6 is 0 Å². The van der Waals surface area contributed by atoms with Crippen molar-refractivity contribution >= 4 is 22.6 Å². The second-order valence-electron chi connectivity index (χ2n) is 6.88. The zero-order valence-electron chi connectivity index (χ0n) is 14.4. The Morgan fingerprint density at radius 2 is 1.78 bits per heavy atom. The molecular formula is C18H18F3N3O3. The first-order valence-corrected chi connectivity index (χ1v) is 8.76. The van der Waals surface area contributed by atoms with Crippen LogP contribution in [0.2, 0.25) is 0 Å². The van der Waals surface area contributed by atoms with Gasteiger partial charge in [-0.3, -0.25) is 4.79 Å². The zero-order valence-corrected chi connectivity index (χ0v) is 14.4. The highest BCUT2D eigenvalue weighted by molar-refractivity contribution is 5.95. The van der Waals surface area contributed by atoms with Gasteiger partial charge in [0, 0.05) is 50.0 Å². The van der Waals surface area contributed by atoms with Gasteiger partial charge in [0.1, 0.15) is 5.56 Å². The third-order valence-corrected chi connectivity index (χ3v) is 5.35. The average Bonchev–Trinajstić information content (AvgIpc) is 2.63. The summed E-state index contributed by atoms with van der Waals surface area (Å²) in [5, 5.41) is 9.61. The van der Waals surface area contributed by atoms with Crippen LogP contribution in [0.5, 0.6) is 0 Å². The topological polar surface area (TPSA) is 65.8 Å². The Morgan fingerprint density at radius 3 is 2.41 bits per heavy atom. The number of piperazine rings is 1. The quantitative estimate of drug-likeness (QED) is 0.809. The Kier molecular flexibility index (Phi) is 4.14. The van der Waals surface area contributed by atoms with E-state index in [0.717, 1.165) is 17.7 Å². The maximum atomic E-state index is 12.9. The van der Waals surface area contributed by atoms with Gasteiger partial charge in [-0.25, -0.2) is 9.69 Å². The molecule has 1 saturated heterocycles. The van der Waals surface area contributed by atoms with Gasteiger partial charge in [0.2, 0.25) is 5.43 Å². The molecule has 1 fully saturated rings. The second-order valence-corrected chi connectivity index (χ2v) is 6.88. The maximum absolute atomic E-state index is 12.9. The highest BCUT2D eigenvalue weighted by Gasteiger charge is 2.39. The molecule has 0 radical (unpaired) electrons. The van der Waals surface area contributed by atoms with Gasteiger partial charge in [-0.2, -0.15) is 13.2 Å². The molecule has 1 aromatic heterocycles. The number of anilines is 1. The number of pyridine rings is 1. The van der Waals surface area contributed by atoms with Gasteiger partial charge in [-0.15, -0.1) is 0 Å². The van der Waals surface area contributed by atoms with Crippen molar-refractivity contribution in [1.29, 1.82) is 0 Å². The molecule has 2 aromatic rings. The van der Waals surface area contributed by atoms with Crippen molar-refractivity contribution in [1.82, 2.24) is 9.47 Å². The number of halogens is 3. The van der Waals surface area contributed by atoms with Crippen LogP contribution in [0, 0.1) is 0 Å². The number of aryl methyl sites for hydroxylation is 2. The highest BCUT2D eigenvalue weighted by Crippen LogP contribution is 2.33. The second kappa shape index (κ2) is 6.26. The van der Waals surface area contributed by atoms with Crippen LogP contribution in [0.4, 0.5) is 18.9 Å². The molecular weight excluding hydrogens is 363 g/mol. The van der Waals surface area contributed by atoms with Crippen LogP contribution in [0.3, 0.4) is 0 Å². The molecule has 0 bridgehead atoms. The number of alkyl halides is 3. The number of nitrogens with zero attached hydrogens (tertiary/aromatic N) is 3. The van der Waals surface area contributed by atoms with Crippen LogP contribution < -0.4 is 10.3 Å². The van der Waals surface area contributed by atoms with Gasteiger partial charge in [0.15, 0.2) is 0 Å². The van der Waals surface area contributed by atoms with Crippen molar-refractivity contribution in [3.8, 4) is 0 Å². The van der Waals surface area contributed by atoms with Crippen molar-refractivity contribution in [3.05, 3.63) is 39.7 Å². The third kappa shape index (κ3) is 2.95. The Bertz CT molecular complexity index is 976. The van der Waals surface area contributed by atoms with E-state index >= 15 is 0 Å². The van der Waals surface area contributed by atoms with Gasteiger partial charge in [-0.05, 0) is 30.5 Å². The van der Waals surface area contributed by atoms with Crippen molar-refractivity contribution in [2.45, 2.75) is 25.7 Å². The molecule has 1 aromatic carbocycles. The fraction of sp³-hybridized carbons (Fsp3) is 0.444. The minimum Gasteiger partial charge on any atom is -0.477 e. The Labute approximate surface area is 152 Å². The van der Waals surface area contributed by atoms with Crippen LogP contribution in [0.25, 0.3) is 10.9 Å². The predicted octanol–water partition coefficient (Wildman–Crippen LogP) is 2.29. The number of rotatable bonds is 2. The van der Waals surface area contributed by atoms with Crippen LogP contribution in [0.15, 0.2) is 23.1 Å². The number of hydrogen-bond acceptors (Lipinski definition) is 4. The minimum absolute atomic E-state index is 0.105. The summed E-state index contributed by atoms with van der Waals surface area (Å²) < 4.78 is 40.4. The summed E-state index contributed by atoms with van der Waals surface area (Å²) >= 11 is 0. The smallest absolute Gasteiger partial charge is 0.460 e. The lowest BCUT2D eigenvalue weighted by Gasteiger charge is -2.38. The molecule has 4 rings (SSSR count). The lowest BCUT2D eigenvalue weighted by molar-refractivity contribution is -0.246. The Balaban J connectivity index is 1.77. The molecule has 144 valence electrons. The fourth-order valence-electron chi connectivity index (χ4n) is 4.06. The summed E-state index contributed by atoms with van der Waals surface area (Å²) in [6, 6.07) is 3.34. The summed E-state index contributed by atoms with van der Waals surface area (Å²) in [6.45, 7) is 0.887. The van der Waals surface area contributed by atoms with Crippen molar-refractivity contribution in [2.75, 3.05) is 31.1 Å². The molecule has 0 unspecified atom stereocenters.